The van der Waals surface area contributed by atoms with Gasteiger partial charge in [0.15, 0.2) is 0 Å². The molecule has 128 valence electrons. The lowest BCUT2D eigenvalue weighted by atomic mass is 9.80. The first-order valence-electron chi connectivity index (χ1n) is 7.19. The Kier molecular flexibility index (Phi) is 7.18. The van der Waals surface area contributed by atoms with E-state index in [1.165, 1.54) is 5.56 Å². The molecule has 1 unspecified atom stereocenters. The molecule has 5 heteroatoms. The summed E-state index contributed by atoms with van der Waals surface area (Å²) in [6, 6.07) is 5.93. The van der Waals surface area contributed by atoms with Crippen LogP contribution in [0.4, 0.5) is 0 Å². The van der Waals surface area contributed by atoms with E-state index in [-0.39, 0.29) is 20.7 Å². The molecule has 4 nitrogen and oxygen atoms in total. The van der Waals surface area contributed by atoms with Crippen LogP contribution in [0.2, 0.25) is 0 Å². The summed E-state index contributed by atoms with van der Waals surface area (Å²) in [7, 11) is 0. The second-order valence-corrected chi connectivity index (χ2v) is 7.31. The third kappa shape index (κ3) is 6.54. The molecule has 0 bridgehead atoms. The van der Waals surface area contributed by atoms with Crippen molar-refractivity contribution in [3.63, 3.8) is 0 Å². The number of carbonyl (C=O) groups excluding carboxylic acids is 2. The third-order valence-corrected chi connectivity index (χ3v) is 3.23. The molecule has 1 atom stereocenters. The molecular formula is C18H27O4P. The quantitative estimate of drug-likeness (QED) is 0.445. The predicted molar refractivity (Wildman–Crippen MR) is 96.9 cm³/mol. The smallest absolute Gasteiger partial charge is 0.338 e. The molecule has 2 rings (SSSR count). The highest BCUT2D eigenvalue weighted by atomic mass is 31.0. The highest BCUT2D eigenvalue weighted by Crippen LogP contribution is 2.34. The molecule has 0 aromatic heterocycles. The Balaban J connectivity index is 0.000000509. The average Bonchev–Trinajstić information content (AvgIpc) is 2.71. The molecule has 0 saturated carbocycles. The van der Waals surface area contributed by atoms with Crippen LogP contribution in [0.1, 0.15) is 52.7 Å². The number of hydrogen-bond acceptors (Lipinski definition) is 4. The van der Waals surface area contributed by atoms with Gasteiger partial charge in [-0.3, -0.25) is 0 Å². The van der Waals surface area contributed by atoms with E-state index in [9.17, 15) is 14.7 Å². The fourth-order valence-electron chi connectivity index (χ4n) is 1.91. The molecule has 0 radical (unpaired) electrons. The molecule has 1 aliphatic rings. The van der Waals surface area contributed by atoms with Crippen LogP contribution in [-0.4, -0.2) is 17.0 Å². The van der Waals surface area contributed by atoms with Crippen LogP contribution in [0, 0.1) is 0 Å². The molecule has 1 aliphatic heterocycles. The molecule has 0 fully saturated rings. The second kappa shape index (κ2) is 7.74. The minimum absolute atomic E-state index is 0. The van der Waals surface area contributed by atoms with Gasteiger partial charge >= 0.3 is 11.9 Å². The van der Waals surface area contributed by atoms with E-state index in [4.69, 9.17) is 0 Å². The molecule has 0 aliphatic carbocycles. The normalized spacial score (nSPS) is 13.8. The predicted octanol–water partition coefficient (Wildman–Crippen LogP) is 3.67. The van der Waals surface area contributed by atoms with E-state index in [0.717, 1.165) is 17.7 Å². The summed E-state index contributed by atoms with van der Waals surface area (Å²) in [6.07, 6.45) is 2.17. The van der Waals surface area contributed by atoms with E-state index < -0.39 is 11.9 Å². The van der Waals surface area contributed by atoms with Crippen molar-refractivity contribution in [3.05, 3.63) is 41.5 Å². The topological polar surface area (TPSA) is 63.6 Å². The van der Waals surface area contributed by atoms with Crippen LogP contribution in [0.3, 0.4) is 0 Å². The van der Waals surface area contributed by atoms with Gasteiger partial charge < -0.3 is 9.84 Å². The molecular weight excluding hydrogens is 311 g/mol. The largest absolute Gasteiger partial charge is 0.508 e. The van der Waals surface area contributed by atoms with E-state index in [1.807, 2.05) is 6.07 Å². The van der Waals surface area contributed by atoms with Gasteiger partial charge in [0.1, 0.15) is 5.75 Å². The Labute approximate surface area is 141 Å². The highest BCUT2D eigenvalue weighted by Gasteiger charge is 2.21. The van der Waals surface area contributed by atoms with Gasteiger partial charge in [0.25, 0.3) is 0 Å². The lowest BCUT2D eigenvalue weighted by molar-refractivity contribution is -0.150. The Morgan fingerprint density at radius 3 is 1.65 bits per heavy atom. The Hall–Kier alpha value is -1.67. The maximum absolute atomic E-state index is 9.92. The van der Waals surface area contributed by atoms with Crippen molar-refractivity contribution in [2.45, 2.75) is 52.4 Å². The maximum Gasteiger partial charge on any atom is 0.338 e. The monoisotopic (exact) mass is 338 g/mol. The van der Waals surface area contributed by atoms with Crippen molar-refractivity contribution >= 4 is 21.8 Å². The number of phenols is 1. The molecule has 0 spiro atoms. The summed E-state index contributed by atoms with van der Waals surface area (Å²) >= 11 is 0. The number of benzene rings is 1. The lowest BCUT2D eigenvalue weighted by Crippen LogP contribution is -2.16. The average molecular weight is 338 g/mol. The van der Waals surface area contributed by atoms with Crippen LogP contribution < -0.4 is 0 Å². The first-order valence-corrected chi connectivity index (χ1v) is 7.19. The fourth-order valence-corrected chi connectivity index (χ4v) is 1.91. The zero-order valence-corrected chi connectivity index (χ0v) is 16.2. The number of cyclic esters (lactones) is 2. The van der Waals surface area contributed by atoms with Gasteiger partial charge in [-0.05, 0) is 28.0 Å². The molecule has 1 aromatic carbocycles. The van der Waals surface area contributed by atoms with E-state index in [0.29, 0.717) is 5.75 Å². The summed E-state index contributed by atoms with van der Waals surface area (Å²) in [5.74, 6) is -0.759. The van der Waals surface area contributed by atoms with Gasteiger partial charge in [-0.2, -0.15) is 9.90 Å². The van der Waals surface area contributed by atoms with Crippen molar-refractivity contribution < 1.29 is 19.4 Å². The van der Waals surface area contributed by atoms with Crippen molar-refractivity contribution in [1.29, 1.82) is 0 Å². The van der Waals surface area contributed by atoms with Crippen LogP contribution in [0.5, 0.6) is 5.75 Å². The van der Waals surface area contributed by atoms with E-state index in [1.54, 1.807) is 6.07 Å². The van der Waals surface area contributed by atoms with Gasteiger partial charge in [-0.15, -0.1) is 0 Å². The van der Waals surface area contributed by atoms with Crippen molar-refractivity contribution in [3.8, 4) is 5.75 Å². The molecule has 1 N–H and O–H groups in total. The first-order chi connectivity index (χ1) is 9.91. The van der Waals surface area contributed by atoms with Crippen LogP contribution in [-0.2, 0) is 25.2 Å². The number of aromatic hydroxyl groups is 1. The molecule has 0 amide bonds. The minimum Gasteiger partial charge on any atom is -0.508 e. The van der Waals surface area contributed by atoms with Crippen molar-refractivity contribution in [2.24, 2.45) is 0 Å². The number of hydrogen-bond donors (Lipinski definition) is 1. The summed E-state index contributed by atoms with van der Waals surface area (Å²) in [5.41, 5.74) is 2.42. The zero-order valence-electron chi connectivity index (χ0n) is 14.8. The Morgan fingerprint density at radius 1 is 0.870 bits per heavy atom. The standard InChI is InChI=1S/C14H22O.C4H2O3.H3P/c1-13(2,3)10-7-8-12(15)11(9-10)14(4,5)6;5-3-1-2-4(6)7-3;/h7-9,15H,1-6H3;1-2H;1H3. The van der Waals surface area contributed by atoms with Crippen molar-refractivity contribution in [2.75, 3.05) is 0 Å². The van der Waals surface area contributed by atoms with Crippen LogP contribution >= 0.6 is 9.90 Å². The molecule has 1 aromatic rings. The number of carbonyl (C=O) groups is 2. The highest BCUT2D eigenvalue weighted by molar-refractivity contribution is 6.92. The second-order valence-electron chi connectivity index (χ2n) is 7.31. The zero-order chi connectivity index (χ0) is 17.1. The van der Waals surface area contributed by atoms with Gasteiger partial charge in [-0.1, -0.05) is 53.7 Å². The van der Waals surface area contributed by atoms with Crippen LogP contribution in [0.15, 0.2) is 30.4 Å². The molecule has 0 saturated heterocycles. The van der Waals surface area contributed by atoms with Gasteiger partial charge in [0, 0.05) is 12.2 Å². The Bertz CT molecular complexity index is 588. The summed E-state index contributed by atoms with van der Waals surface area (Å²) in [6.45, 7) is 12.9. The van der Waals surface area contributed by atoms with E-state index >= 15 is 0 Å². The third-order valence-electron chi connectivity index (χ3n) is 3.23. The van der Waals surface area contributed by atoms with Gasteiger partial charge in [0.2, 0.25) is 0 Å². The number of ether oxygens (including phenoxy) is 1. The summed E-state index contributed by atoms with van der Waals surface area (Å²) in [5, 5.41) is 9.84. The lowest BCUT2D eigenvalue weighted by Gasteiger charge is -2.25. The summed E-state index contributed by atoms with van der Waals surface area (Å²) < 4.78 is 3.97. The SMILES string of the molecule is CC(C)(C)c1ccc(O)c(C(C)(C)C)c1.O=C1C=CC(=O)O1.P. The number of esters is 2. The van der Waals surface area contributed by atoms with E-state index in [2.05, 4.69) is 52.3 Å². The summed E-state index contributed by atoms with van der Waals surface area (Å²) in [4.78, 5) is 19.8. The van der Waals surface area contributed by atoms with Gasteiger partial charge in [-0.25, -0.2) is 9.59 Å². The van der Waals surface area contributed by atoms with Crippen LogP contribution in [0.25, 0.3) is 0 Å². The Morgan fingerprint density at radius 2 is 1.35 bits per heavy atom. The maximum atomic E-state index is 9.92. The number of rotatable bonds is 0. The first kappa shape index (κ1) is 21.3. The molecule has 1 heterocycles. The fraction of sp³-hybridized carbons (Fsp3) is 0.444. The molecule has 23 heavy (non-hydrogen) atoms. The van der Waals surface area contributed by atoms with Gasteiger partial charge in [0.05, 0.1) is 0 Å². The minimum atomic E-state index is -0.579. The number of phenolic OH excluding ortho intramolecular Hbond substituents is 1. The van der Waals surface area contributed by atoms with Crippen molar-refractivity contribution in [1.82, 2.24) is 0 Å².